The third-order valence-electron chi connectivity index (χ3n) is 7.86. The smallest absolute Gasteiger partial charge is 0.306 e. The fourth-order valence-electron chi connectivity index (χ4n) is 5.18. The van der Waals surface area contributed by atoms with E-state index in [-0.39, 0.29) is 11.9 Å². The first-order valence-corrected chi connectivity index (χ1v) is 17.4. The van der Waals surface area contributed by atoms with E-state index < -0.39 is 0 Å². The summed E-state index contributed by atoms with van der Waals surface area (Å²) in [5.74, 6) is 0.439. The Morgan fingerprint density at radius 3 is 1.28 bits per heavy atom. The van der Waals surface area contributed by atoms with Gasteiger partial charge in [0, 0.05) is 12.8 Å². The van der Waals surface area contributed by atoms with Gasteiger partial charge in [0.05, 0.1) is 13.2 Å². The summed E-state index contributed by atoms with van der Waals surface area (Å²) in [7, 11) is 0. The Morgan fingerprint density at radius 1 is 0.462 bits per heavy atom. The highest BCUT2D eigenvalue weighted by molar-refractivity contribution is 5.69. The van der Waals surface area contributed by atoms with Crippen molar-refractivity contribution in [2.45, 2.75) is 194 Å². The maximum absolute atomic E-state index is 12.0. The van der Waals surface area contributed by atoms with Crippen LogP contribution in [-0.2, 0) is 19.1 Å². The largest absolute Gasteiger partial charge is 0.466 e. The minimum atomic E-state index is -0.00244. The van der Waals surface area contributed by atoms with Crippen molar-refractivity contribution in [2.24, 2.45) is 5.92 Å². The molecule has 0 bridgehead atoms. The first-order valence-electron chi connectivity index (χ1n) is 17.4. The summed E-state index contributed by atoms with van der Waals surface area (Å²) in [6.07, 6.45) is 32.3. The van der Waals surface area contributed by atoms with Crippen LogP contribution in [0.4, 0.5) is 0 Å². The molecule has 1 unspecified atom stereocenters. The van der Waals surface area contributed by atoms with E-state index in [2.05, 4.69) is 20.8 Å². The van der Waals surface area contributed by atoms with Gasteiger partial charge in [0.2, 0.25) is 0 Å². The summed E-state index contributed by atoms with van der Waals surface area (Å²) >= 11 is 0. The summed E-state index contributed by atoms with van der Waals surface area (Å²) in [5, 5.41) is 0. The fourth-order valence-corrected chi connectivity index (χ4v) is 5.18. The predicted molar refractivity (Wildman–Crippen MR) is 167 cm³/mol. The van der Waals surface area contributed by atoms with Crippen molar-refractivity contribution >= 4 is 11.9 Å². The van der Waals surface area contributed by atoms with Crippen LogP contribution in [0.5, 0.6) is 0 Å². The van der Waals surface area contributed by atoms with Gasteiger partial charge < -0.3 is 9.47 Å². The van der Waals surface area contributed by atoms with Gasteiger partial charge in [0.15, 0.2) is 0 Å². The molecule has 0 aromatic heterocycles. The Bertz CT molecular complexity index is 519. The second kappa shape index (κ2) is 31.5. The Hall–Kier alpha value is -1.06. The van der Waals surface area contributed by atoms with Gasteiger partial charge in [-0.15, -0.1) is 0 Å². The van der Waals surface area contributed by atoms with Crippen LogP contribution in [0.15, 0.2) is 0 Å². The number of ether oxygens (including phenoxy) is 2. The number of carbonyl (C=O) groups excluding carboxylic acids is 2. The lowest BCUT2D eigenvalue weighted by atomic mass is 9.98. The summed E-state index contributed by atoms with van der Waals surface area (Å²) < 4.78 is 10.8. The lowest BCUT2D eigenvalue weighted by molar-refractivity contribution is -0.145. The van der Waals surface area contributed by atoms with Gasteiger partial charge in [-0.2, -0.15) is 0 Å². The van der Waals surface area contributed by atoms with E-state index in [9.17, 15) is 9.59 Å². The second-order valence-corrected chi connectivity index (χ2v) is 12.1. The number of unbranched alkanes of at least 4 members (excludes halogenated alkanes) is 21. The number of hydrogen-bond donors (Lipinski definition) is 0. The third-order valence-corrected chi connectivity index (χ3v) is 7.86. The van der Waals surface area contributed by atoms with Crippen LogP contribution in [0.1, 0.15) is 194 Å². The summed E-state index contributed by atoms with van der Waals surface area (Å²) in [6.45, 7) is 7.87. The molecule has 0 aliphatic carbocycles. The average Bonchev–Trinajstić information content (AvgIpc) is 2.92. The van der Waals surface area contributed by atoms with Crippen molar-refractivity contribution in [1.29, 1.82) is 0 Å². The zero-order valence-electron chi connectivity index (χ0n) is 26.7. The summed E-state index contributed by atoms with van der Waals surface area (Å²) in [5.41, 5.74) is 0. The van der Waals surface area contributed by atoms with Gasteiger partial charge in [0.25, 0.3) is 0 Å². The Balaban J connectivity index is 3.29. The van der Waals surface area contributed by atoms with Gasteiger partial charge in [-0.25, -0.2) is 0 Å². The Kier molecular flexibility index (Phi) is 30.6. The SMILES string of the molecule is CCCCCCCCOC(=O)CCCCCCCCCCCCCCC(C)CC(=O)OCCCCCCCC. The number of hydrogen-bond acceptors (Lipinski definition) is 4. The van der Waals surface area contributed by atoms with E-state index in [0.29, 0.717) is 32.0 Å². The van der Waals surface area contributed by atoms with Gasteiger partial charge >= 0.3 is 11.9 Å². The monoisotopic (exact) mass is 553 g/mol. The van der Waals surface area contributed by atoms with Crippen molar-refractivity contribution in [3.05, 3.63) is 0 Å². The molecule has 1 atom stereocenters. The molecule has 0 saturated carbocycles. The molecular formula is C35H68O4. The zero-order chi connectivity index (χ0) is 28.7. The molecule has 0 saturated heterocycles. The Labute approximate surface area is 244 Å². The molecule has 232 valence electrons. The molecule has 0 amide bonds. The van der Waals surface area contributed by atoms with Crippen molar-refractivity contribution in [1.82, 2.24) is 0 Å². The van der Waals surface area contributed by atoms with Crippen LogP contribution in [0.25, 0.3) is 0 Å². The molecule has 0 aliphatic rings. The van der Waals surface area contributed by atoms with Gasteiger partial charge in [-0.1, -0.05) is 162 Å². The van der Waals surface area contributed by atoms with Crippen molar-refractivity contribution < 1.29 is 19.1 Å². The van der Waals surface area contributed by atoms with Crippen molar-refractivity contribution in [3.8, 4) is 0 Å². The first kappa shape index (κ1) is 37.9. The van der Waals surface area contributed by atoms with Crippen molar-refractivity contribution in [2.75, 3.05) is 13.2 Å². The number of rotatable bonds is 31. The van der Waals surface area contributed by atoms with Gasteiger partial charge in [0.1, 0.15) is 0 Å². The minimum Gasteiger partial charge on any atom is -0.466 e. The highest BCUT2D eigenvalue weighted by atomic mass is 16.5. The van der Waals surface area contributed by atoms with E-state index in [1.54, 1.807) is 0 Å². The molecule has 0 aliphatic heterocycles. The molecular weight excluding hydrogens is 484 g/mol. The fraction of sp³-hybridized carbons (Fsp3) is 0.943. The quantitative estimate of drug-likeness (QED) is 0.0634. The topological polar surface area (TPSA) is 52.6 Å². The molecule has 0 radical (unpaired) electrons. The van der Waals surface area contributed by atoms with Gasteiger partial charge in [-0.3, -0.25) is 9.59 Å². The molecule has 4 nitrogen and oxygen atoms in total. The molecule has 0 aromatic carbocycles. The lowest BCUT2D eigenvalue weighted by Gasteiger charge is -2.11. The van der Waals surface area contributed by atoms with Crippen LogP contribution >= 0.6 is 0 Å². The van der Waals surface area contributed by atoms with Crippen LogP contribution < -0.4 is 0 Å². The van der Waals surface area contributed by atoms with E-state index in [4.69, 9.17) is 9.47 Å². The zero-order valence-corrected chi connectivity index (χ0v) is 26.7. The van der Waals surface area contributed by atoms with Crippen LogP contribution in [0.3, 0.4) is 0 Å². The molecule has 0 aromatic rings. The van der Waals surface area contributed by atoms with E-state index in [1.807, 2.05) is 0 Å². The molecule has 0 N–H and O–H groups in total. The molecule has 0 spiro atoms. The van der Waals surface area contributed by atoms with Crippen LogP contribution in [0, 0.1) is 5.92 Å². The third kappa shape index (κ3) is 31.3. The molecule has 39 heavy (non-hydrogen) atoms. The highest BCUT2D eigenvalue weighted by Gasteiger charge is 2.10. The Morgan fingerprint density at radius 2 is 0.821 bits per heavy atom. The standard InChI is InChI=1S/C35H68O4/c1-4-6-8-10-22-26-30-38-34(36)29-25-21-19-17-15-13-12-14-16-18-20-24-28-33(3)32-35(37)39-31-27-23-11-9-7-5-2/h33H,4-32H2,1-3H3. The normalized spacial score (nSPS) is 12.0. The number of esters is 2. The van der Waals surface area contributed by atoms with Crippen molar-refractivity contribution in [3.63, 3.8) is 0 Å². The first-order chi connectivity index (χ1) is 19.1. The molecule has 0 rings (SSSR count). The van der Waals surface area contributed by atoms with Crippen LogP contribution in [-0.4, -0.2) is 25.2 Å². The average molecular weight is 553 g/mol. The van der Waals surface area contributed by atoms with Crippen LogP contribution in [0.2, 0.25) is 0 Å². The summed E-state index contributed by atoms with van der Waals surface area (Å²) in [4.78, 5) is 23.8. The lowest BCUT2D eigenvalue weighted by Crippen LogP contribution is -2.10. The molecule has 0 fully saturated rings. The predicted octanol–water partition coefficient (Wildman–Crippen LogP) is 11.3. The van der Waals surface area contributed by atoms with E-state index in [1.165, 1.54) is 128 Å². The minimum absolute atomic E-state index is 0.000626. The number of carbonyl (C=O) groups is 2. The molecule has 0 heterocycles. The van der Waals surface area contributed by atoms with E-state index >= 15 is 0 Å². The maximum Gasteiger partial charge on any atom is 0.306 e. The maximum atomic E-state index is 12.0. The molecule has 4 heteroatoms. The van der Waals surface area contributed by atoms with Gasteiger partial charge in [-0.05, 0) is 25.2 Å². The van der Waals surface area contributed by atoms with E-state index in [0.717, 1.165) is 32.1 Å². The highest BCUT2D eigenvalue weighted by Crippen LogP contribution is 2.17. The second-order valence-electron chi connectivity index (χ2n) is 12.1. The summed E-state index contributed by atoms with van der Waals surface area (Å²) in [6, 6.07) is 0.